The van der Waals surface area contributed by atoms with Gasteiger partial charge in [-0.2, -0.15) is 0 Å². The third-order valence-electron chi connectivity index (χ3n) is 5.98. The van der Waals surface area contributed by atoms with Crippen LogP contribution >= 0.6 is 0 Å². The van der Waals surface area contributed by atoms with Gasteiger partial charge in [0.15, 0.2) is 0 Å². The molecule has 0 unspecified atom stereocenters. The average Bonchev–Trinajstić information content (AvgIpc) is 3.29. The topological polar surface area (TPSA) is 54.3 Å². The number of carbonyl (C=O) groups excluding carboxylic acids is 1. The number of para-hydroxylation sites is 1. The second-order valence-corrected chi connectivity index (χ2v) is 8.32. The van der Waals surface area contributed by atoms with E-state index >= 15 is 0 Å². The Kier molecular flexibility index (Phi) is 6.26. The summed E-state index contributed by atoms with van der Waals surface area (Å²) in [7, 11) is 0. The van der Waals surface area contributed by atoms with Gasteiger partial charge in [-0.05, 0) is 23.3 Å². The summed E-state index contributed by atoms with van der Waals surface area (Å²) in [6.07, 6.45) is 0.612. The summed E-state index contributed by atoms with van der Waals surface area (Å²) in [5.41, 5.74) is 3.34. The third kappa shape index (κ3) is 5.02. The van der Waals surface area contributed by atoms with Crippen molar-refractivity contribution < 1.29 is 4.79 Å². The van der Waals surface area contributed by atoms with Gasteiger partial charge in [-0.25, -0.2) is 9.67 Å². The highest BCUT2D eigenvalue weighted by molar-refractivity contribution is 5.90. The Morgan fingerprint density at radius 3 is 1.94 bits per heavy atom. The van der Waals surface area contributed by atoms with Crippen molar-refractivity contribution in [3.05, 3.63) is 114 Å². The van der Waals surface area contributed by atoms with Gasteiger partial charge in [-0.1, -0.05) is 78.9 Å². The van der Waals surface area contributed by atoms with Crippen LogP contribution in [0.3, 0.4) is 0 Å². The van der Waals surface area contributed by atoms with Crippen LogP contribution in [0.25, 0.3) is 5.69 Å². The Morgan fingerprint density at radius 2 is 1.30 bits per heavy atom. The fourth-order valence-corrected chi connectivity index (χ4v) is 4.20. The zero-order chi connectivity index (χ0) is 22.5. The number of benzene rings is 3. The molecular weight excluding hydrogens is 410 g/mol. The van der Waals surface area contributed by atoms with E-state index in [1.165, 1.54) is 5.56 Å². The highest BCUT2D eigenvalue weighted by atomic mass is 16.2. The quantitative estimate of drug-likeness (QED) is 0.460. The van der Waals surface area contributed by atoms with Gasteiger partial charge in [0.25, 0.3) is 5.91 Å². The minimum absolute atomic E-state index is 0.0987. The predicted molar refractivity (Wildman–Crippen MR) is 128 cm³/mol. The van der Waals surface area contributed by atoms with Gasteiger partial charge in [-0.15, -0.1) is 5.10 Å². The molecule has 0 spiro atoms. The SMILES string of the molecule is O=C(c1nc(Cc2ccccc2)n(-c2ccccc2)n1)N1CCN(Cc2ccccc2)CC1. The number of aromatic nitrogens is 3. The molecule has 1 saturated heterocycles. The van der Waals surface area contributed by atoms with Crippen molar-refractivity contribution in [1.82, 2.24) is 24.6 Å². The molecule has 0 N–H and O–H groups in total. The normalized spacial score (nSPS) is 14.4. The van der Waals surface area contributed by atoms with E-state index < -0.39 is 0 Å². The second-order valence-electron chi connectivity index (χ2n) is 8.32. The van der Waals surface area contributed by atoms with Crippen LogP contribution in [0.2, 0.25) is 0 Å². The molecule has 0 saturated carbocycles. The van der Waals surface area contributed by atoms with Gasteiger partial charge in [-0.3, -0.25) is 9.69 Å². The highest BCUT2D eigenvalue weighted by Gasteiger charge is 2.26. The van der Waals surface area contributed by atoms with E-state index in [0.717, 1.165) is 36.7 Å². The van der Waals surface area contributed by atoms with E-state index in [-0.39, 0.29) is 11.7 Å². The van der Waals surface area contributed by atoms with Gasteiger partial charge in [0.05, 0.1) is 5.69 Å². The van der Waals surface area contributed by atoms with Crippen LogP contribution in [0.15, 0.2) is 91.0 Å². The van der Waals surface area contributed by atoms with Crippen LogP contribution in [0.5, 0.6) is 0 Å². The number of piperazine rings is 1. The molecule has 6 heteroatoms. The summed E-state index contributed by atoms with van der Waals surface area (Å²) in [6, 6.07) is 30.5. The summed E-state index contributed by atoms with van der Waals surface area (Å²) >= 11 is 0. The lowest BCUT2D eigenvalue weighted by Gasteiger charge is -2.34. The van der Waals surface area contributed by atoms with Gasteiger partial charge in [0.1, 0.15) is 5.82 Å². The molecule has 33 heavy (non-hydrogen) atoms. The minimum atomic E-state index is -0.0987. The highest BCUT2D eigenvalue weighted by Crippen LogP contribution is 2.16. The van der Waals surface area contributed by atoms with Crippen LogP contribution in [0.4, 0.5) is 0 Å². The summed E-state index contributed by atoms with van der Waals surface area (Å²) in [4.78, 5) is 22.2. The Hall–Kier alpha value is -3.77. The molecule has 1 amide bonds. The lowest BCUT2D eigenvalue weighted by molar-refractivity contribution is 0.0616. The molecule has 1 aliphatic rings. The maximum atomic E-state index is 13.3. The first-order valence-electron chi connectivity index (χ1n) is 11.4. The molecule has 0 bridgehead atoms. The number of carbonyl (C=O) groups is 1. The van der Waals surface area contributed by atoms with Gasteiger partial charge >= 0.3 is 0 Å². The molecule has 3 aromatic carbocycles. The molecule has 5 rings (SSSR count). The monoisotopic (exact) mass is 437 g/mol. The van der Waals surface area contributed by atoms with E-state index in [1.54, 1.807) is 4.68 Å². The van der Waals surface area contributed by atoms with Crippen LogP contribution in [-0.2, 0) is 13.0 Å². The fourth-order valence-electron chi connectivity index (χ4n) is 4.20. The van der Waals surface area contributed by atoms with Crippen molar-refractivity contribution in [2.75, 3.05) is 26.2 Å². The molecular formula is C27H27N5O. The molecule has 6 nitrogen and oxygen atoms in total. The van der Waals surface area contributed by atoms with E-state index in [2.05, 4.69) is 46.4 Å². The van der Waals surface area contributed by atoms with Crippen LogP contribution in [0, 0.1) is 0 Å². The Labute approximate surface area is 194 Å². The van der Waals surface area contributed by atoms with E-state index in [9.17, 15) is 4.79 Å². The molecule has 0 aliphatic carbocycles. The Bertz CT molecular complexity index is 1180. The smallest absolute Gasteiger partial charge is 0.293 e. The number of nitrogens with zero attached hydrogens (tertiary/aromatic N) is 5. The van der Waals surface area contributed by atoms with Crippen molar-refractivity contribution in [3.63, 3.8) is 0 Å². The van der Waals surface area contributed by atoms with Crippen LogP contribution in [-0.4, -0.2) is 56.7 Å². The molecule has 0 radical (unpaired) electrons. The number of hydrogen-bond acceptors (Lipinski definition) is 4. The van der Waals surface area contributed by atoms with Crippen molar-refractivity contribution >= 4 is 5.91 Å². The first-order valence-corrected chi connectivity index (χ1v) is 11.4. The van der Waals surface area contributed by atoms with Crippen molar-refractivity contribution in [1.29, 1.82) is 0 Å². The second kappa shape index (κ2) is 9.79. The van der Waals surface area contributed by atoms with E-state index in [0.29, 0.717) is 19.5 Å². The first-order chi connectivity index (χ1) is 16.3. The fraction of sp³-hybridized carbons (Fsp3) is 0.222. The Morgan fingerprint density at radius 1 is 0.727 bits per heavy atom. The molecule has 0 atom stereocenters. The number of amides is 1. The van der Waals surface area contributed by atoms with Crippen molar-refractivity contribution in [2.24, 2.45) is 0 Å². The van der Waals surface area contributed by atoms with Gasteiger partial charge < -0.3 is 4.90 Å². The predicted octanol–water partition coefficient (Wildman–Crippen LogP) is 3.82. The zero-order valence-electron chi connectivity index (χ0n) is 18.5. The summed E-state index contributed by atoms with van der Waals surface area (Å²) in [5.74, 6) is 0.929. The Balaban J connectivity index is 1.32. The average molecular weight is 438 g/mol. The first kappa shape index (κ1) is 21.1. The largest absolute Gasteiger partial charge is 0.333 e. The lowest BCUT2D eigenvalue weighted by atomic mass is 10.1. The molecule has 1 aliphatic heterocycles. The lowest BCUT2D eigenvalue weighted by Crippen LogP contribution is -2.48. The molecule has 4 aromatic rings. The van der Waals surface area contributed by atoms with Gasteiger partial charge in [0, 0.05) is 39.1 Å². The standard InChI is InChI=1S/C27H27N5O/c33-27(31-18-16-30(17-19-31)21-23-12-6-2-7-13-23)26-28-25(20-22-10-4-1-5-11-22)32(29-26)24-14-8-3-9-15-24/h1-15H,16-21H2. The molecule has 166 valence electrons. The van der Waals surface area contributed by atoms with Crippen molar-refractivity contribution in [2.45, 2.75) is 13.0 Å². The summed E-state index contributed by atoms with van der Waals surface area (Å²) < 4.78 is 1.80. The molecule has 2 heterocycles. The maximum absolute atomic E-state index is 13.3. The van der Waals surface area contributed by atoms with Gasteiger partial charge in [0.2, 0.25) is 5.82 Å². The van der Waals surface area contributed by atoms with Crippen LogP contribution < -0.4 is 0 Å². The molecule has 1 aromatic heterocycles. The minimum Gasteiger partial charge on any atom is -0.333 e. The number of rotatable bonds is 6. The molecule has 1 fully saturated rings. The van der Waals surface area contributed by atoms with E-state index in [4.69, 9.17) is 4.98 Å². The number of hydrogen-bond donors (Lipinski definition) is 0. The summed E-state index contributed by atoms with van der Waals surface area (Å²) in [5, 5.41) is 4.64. The maximum Gasteiger partial charge on any atom is 0.293 e. The third-order valence-corrected chi connectivity index (χ3v) is 5.98. The van der Waals surface area contributed by atoms with Crippen molar-refractivity contribution in [3.8, 4) is 5.69 Å². The summed E-state index contributed by atoms with van der Waals surface area (Å²) in [6.45, 7) is 3.96. The van der Waals surface area contributed by atoms with E-state index in [1.807, 2.05) is 59.5 Å². The van der Waals surface area contributed by atoms with Crippen LogP contribution in [0.1, 0.15) is 27.6 Å². The zero-order valence-corrected chi connectivity index (χ0v) is 18.5.